The van der Waals surface area contributed by atoms with Crippen LogP contribution in [0.5, 0.6) is 0 Å². The normalized spacial score (nSPS) is 7.92. The quantitative estimate of drug-likeness (QED) is 0.643. The second kappa shape index (κ2) is 3.51. The Bertz CT molecular complexity index is 405. The summed E-state index contributed by atoms with van der Waals surface area (Å²) in [7, 11) is 0. The van der Waals surface area contributed by atoms with Gasteiger partial charge in [-0.15, -0.1) is 11.3 Å². The zero-order valence-corrected chi connectivity index (χ0v) is 6.55. The standard InChI is InChI=1S/C7H2N2O2S/c8-3-1-2-6-9-5(4-12-6)7(10)11/h4H,(H,10,11). The first-order valence-corrected chi connectivity index (χ1v) is 3.71. The van der Waals surface area contributed by atoms with Crippen molar-refractivity contribution in [3.63, 3.8) is 0 Å². The maximum atomic E-state index is 10.3. The van der Waals surface area contributed by atoms with Crippen molar-refractivity contribution in [2.75, 3.05) is 0 Å². The molecule has 1 heterocycles. The minimum atomic E-state index is -1.09. The Morgan fingerprint density at radius 3 is 3.00 bits per heavy atom. The molecule has 0 aliphatic carbocycles. The molecule has 0 unspecified atom stereocenters. The van der Waals surface area contributed by atoms with Gasteiger partial charge in [-0.2, -0.15) is 5.26 Å². The van der Waals surface area contributed by atoms with E-state index in [0.29, 0.717) is 5.01 Å². The lowest BCUT2D eigenvalue weighted by molar-refractivity contribution is 0.0691. The zero-order valence-electron chi connectivity index (χ0n) is 5.74. The largest absolute Gasteiger partial charge is 0.476 e. The molecule has 0 atom stereocenters. The second-order valence-corrected chi connectivity index (χ2v) is 2.56. The van der Waals surface area contributed by atoms with Crippen LogP contribution >= 0.6 is 11.3 Å². The van der Waals surface area contributed by atoms with Crippen LogP contribution in [-0.4, -0.2) is 16.1 Å². The first-order chi connectivity index (χ1) is 5.74. The van der Waals surface area contributed by atoms with E-state index < -0.39 is 5.97 Å². The summed E-state index contributed by atoms with van der Waals surface area (Å²) in [5.41, 5.74) is -0.0396. The molecule has 0 aliphatic rings. The Balaban J connectivity index is 2.94. The van der Waals surface area contributed by atoms with Gasteiger partial charge in [-0.25, -0.2) is 9.78 Å². The summed E-state index contributed by atoms with van der Waals surface area (Å²) >= 11 is 1.10. The highest BCUT2D eigenvalue weighted by Crippen LogP contribution is 2.07. The lowest BCUT2D eigenvalue weighted by Gasteiger charge is -1.79. The van der Waals surface area contributed by atoms with Crippen molar-refractivity contribution >= 4 is 17.3 Å². The van der Waals surface area contributed by atoms with Gasteiger partial charge in [0.1, 0.15) is 0 Å². The number of hydrogen-bond acceptors (Lipinski definition) is 4. The van der Waals surface area contributed by atoms with Crippen molar-refractivity contribution in [3.05, 3.63) is 16.1 Å². The predicted molar refractivity (Wildman–Crippen MR) is 41.6 cm³/mol. The fraction of sp³-hybridized carbons (Fsp3) is 0. The van der Waals surface area contributed by atoms with Gasteiger partial charge in [0.05, 0.1) is 0 Å². The van der Waals surface area contributed by atoms with E-state index in [0.717, 1.165) is 11.3 Å². The number of carboxylic acid groups (broad SMARTS) is 1. The second-order valence-electron chi connectivity index (χ2n) is 1.70. The SMILES string of the molecule is N#CC#Cc1nc(C(=O)O)cs1. The van der Waals surface area contributed by atoms with E-state index in [1.165, 1.54) is 5.38 Å². The van der Waals surface area contributed by atoms with Gasteiger partial charge in [0.2, 0.25) is 0 Å². The number of carboxylic acids is 1. The van der Waals surface area contributed by atoms with E-state index in [1.807, 2.05) is 0 Å². The maximum absolute atomic E-state index is 10.3. The Labute approximate surface area is 72.1 Å². The molecular formula is C7H2N2O2S. The molecule has 0 aromatic carbocycles. The average Bonchev–Trinajstić information content (AvgIpc) is 2.48. The van der Waals surface area contributed by atoms with Gasteiger partial charge in [0, 0.05) is 11.3 Å². The molecule has 1 aromatic rings. The molecule has 0 bridgehead atoms. The monoisotopic (exact) mass is 178 g/mol. The lowest BCUT2D eigenvalue weighted by Crippen LogP contribution is -1.95. The van der Waals surface area contributed by atoms with Crippen molar-refractivity contribution in [1.82, 2.24) is 4.98 Å². The first kappa shape index (κ1) is 8.25. The van der Waals surface area contributed by atoms with E-state index in [4.69, 9.17) is 10.4 Å². The number of thiazole rings is 1. The molecular weight excluding hydrogens is 176 g/mol. The first-order valence-electron chi connectivity index (χ1n) is 2.83. The number of hydrogen-bond donors (Lipinski definition) is 1. The van der Waals surface area contributed by atoms with Crippen LogP contribution in [-0.2, 0) is 0 Å². The number of carbonyl (C=O) groups is 1. The third kappa shape index (κ3) is 1.82. The van der Waals surface area contributed by atoms with Crippen molar-refractivity contribution < 1.29 is 9.90 Å². The molecule has 4 nitrogen and oxygen atoms in total. The lowest BCUT2D eigenvalue weighted by atomic mass is 10.5. The summed E-state index contributed by atoms with van der Waals surface area (Å²) in [6, 6.07) is 1.61. The van der Waals surface area contributed by atoms with Crippen molar-refractivity contribution in [2.45, 2.75) is 0 Å². The third-order valence-electron chi connectivity index (χ3n) is 0.949. The predicted octanol–water partition coefficient (Wildman–Crippen LogP) is 0.716. The number of nitrogens with zero attached hydrogens (tertiary/aromatic N) is 2. The Morgan fingerprint density at radius 2 is 2.50 bits per heavy atom. The number of aromatic carboxylic acids is 1. The van der Waals surface area contributed by atoms with E-state index in [9.17, 15) is 4.79 Å². The van der Waals surface area contributed by atoms with Gasteiger partial charge in [-0.05, 0) is 5.92 Å². The van der Waals surface area contributed by atoms with Crippen molar-refractivity contribution in [2.24, 2.45) is 0 Å². The molecule has 0 fully saturated rings. The number of aromatic nitrogens is 1. The highest BCUT2D eigenvalue weighted by Gasteiger charge is 2.06. The Morgan fingerprint density at radius 1 is 1.75 bits per heavy atom. The molecule has 1 rings (SSSR count). The molecule has 0 radical (unpaired) electrons. The van der Waals surface area contributed by atoms with Crippen LogP contribution in [0.4, 0.5) is 0 Å². The van der Waals surface area contributed by atoms with Gasteiger partial charge in [0.15, 0.2) is 16.8 Å². The summed E-state index contributed by atoms with van der Waals surface area (Å²) in [6.45, 7) is 0. The van der Waals surface area contributed by atoms with Crippen LogP contribution in [0.15, 0.2) is 5.38 Å². The average molecular weight is 178 g/mol. The van der Waals surface area contributed by atoms with E-state index in [2.05, 4.69) is 16.8 Å². The summed E-state index contributed by atoms with van der Waals surface area (Å²) in [6.07, 6.45) is 0. The minimum Gasteiger partial charge on any atom is -0.476 e. The van der Waals surface area contributed by atoms with Gasteiger partial charge < -0.3 is 5.11 Å². The van der Waals surface area contributed by atoms with Crippen molar-refractivity contribution in [1.29, 1.82) is 5.26 Å². The highest BCUT2D eigenvalue weighted by molar-refractivity contribution is 7.10. The topological polar surface area (TPSA) is 74.0 Å². The maximum Gasteiger partial charge on any atom is 0.355 e. The summed E-state index contributed by atoms with van der Waals surface area (Å²) in [5.74, 6) is 3.44. The molecule has 0 amide bonds. The fourth-order valence-corrected chi connectivity index (χ4v) is 1.15. The third-order valence-corrected chi connectivity index (χ3v) is 1.71. The molecule has 5 heteroatoms. The summed E-state index contributed by atoms with van der Waals surface area (Å²) in [5, 5.41) is 18.3. The van der Waals surface area contributed by atoms with Crippen molar-refractivity contribution in [3.8, 4) is 17.9 Å². The highest BCUT2D eigenvalue weighted by atomic mass is 32.1. The molecule has 1 N–H and O–H groups in total. The molecule has 0 spiro atoms. The zero-order chi connectivity index (χ0) is 8.97. The fourth-order valence-electron chi connectivity index (χ4n) is 0.511. The van der Waals surface area contributed by atoms with Crippen LogP contribution in [0.1, 0.15) is 15.5 Å². The Kier molecular flexibility index (Phi) is 2.42. The summed E-state index contributed by atoms with van der Waals surface area (Å²) in [4.78, 5) is 14.0. The molecule has 0 saturated heterocycles. The van der Waals surface area contributed by atoms with Gasteiger partial charge in [-0.1, -0.05) is 0 Å². The molecule has 0 saturated carbocycles. The van der Waals surface area contributed by atoms with Crippen LogP contribution < -0.4 is 0 Å². The van der Waals surface area contributed by atoms with E-state index >= 15 is 0 Å². The van der Waals surface area contributed by atoms with Crippen LogP contribution in [0.3, 0.4) is 0 Å². The molecule has 12 heavy (non-hydrogen) atoms. The number of nitriles is 1. The number of rotatable bonds is 1. The van der Waals surface area contributed by atoms with Crippen LogP contribution in [0, 0.1) is 23.2 Å². The Hall–Kier alpha value is -1.85. The van der Waals surface area contributed by atoms with E-state index in [1.54, 1.807) is 6.07 Å². The smallest absolute Gasteiger partial charge is 0.355 e. The molecule has 0 aliphatic heterocycles. The minimum absolute atomic E-state index is 0.0396. The van der Waals surface area contributed by atoms with E-state index in [-0.39, 0.29) is 5.69 Å². The molecule has 1 aromatic heterocycles. The van der Waals surface area contributed by atoms with Gasteiger partial charge in [-0.3, -0.25) is 0 Å². The van der Waals surface area contributed by atoms with Gasteiger partial charge in [0.25, 0.3) is 0 Å². The van der Waals surface area contributed by atoms with Crippen LogP contribution in [0.2, 0.25) is 0 Å². The summed E-state index contributed by atoms with van der Waals surface area (Å²) < 4.78 is 0. The molecule has 58 valence electrons. The van der Waals surface area contributed by atoms with Gasteiger partial charge >= 0.3 is 5.97 Å². The van der Waals surface area contributed by atoms with Crippen LogP contribution in [0.25, 0.3) is 0 Å².